The zero-order chi connectivity index (χ0) is 23.0. The Hall–Kier alpha value is -3.25. The van der Waals surface area contributed by atoms with Gasteiger partial charge >= 0.3 is 5.97 Å². The van der Waals surface area contributed by atoms with Gasteiger partial charge in [-0.05, 0) is 32.4 Å². The number of Topliss-reactive ketones (excluding diaryl/α,β-unsaturated/α-hetero) is 1. The molecule has 1 aliphatic carbocycles. The molecule has 0 bridgehead atoms. The highest BCUT2D eigenvalue weighted by Gasteiger charge is 2.43. The van der Waals surface area contributed by atoms with E-state index in [1.807, 2.05) is 32.0 Å². The van der Waals surface area contributed by atoms with Gasteiger partial charge in [0.05, 0.1) is 37.5 Å². The van der Waals surface area contributed by atoms with E-state index in [0.29, 0.717) is 63.4 Å². The number of dihydropyridines is 1. The minimum atomic E-state index is -0.721. The highest BCUT2D eigenvalue weighted by Crippen LogP contribution is 2.49. The summed E-state index contributed by atoms with van der Waals surface area (Å²) in [4.78, 5) is 26.4. The molecule has 0 unspecified atom stereocenters. The molecule has 0 spiro atoms. The van der Waals surface area contributed by atoms with Crippen LogP contribution in [0.25, 0.3) is 5.70 Å². The van der Waals surface area contributed by atoms with Crippen LogP contribution in [0.1, 0.15) is 48.2 Å². The number of benzene rings is 2. The van der Waals surface area contributed by atoms with Crippen LogP contribution in [-0.2, 0) is 9.53 Å². The predicted octanol–water partition coefficient (Wildman–Crippen LogP) is 4.88. The van der Waals surface area contributed by atoms with Gasteiger partial charge in [0.2, 0.25) is 0 Å². The second-order valence-corrected chi connectivity index (χ2v) is 7.85. The number of carbonyl (C=O) groups excluding carboxylic acids is 2. The molecule has 2 aromatic carbocycles. The molecule has 2 aliphatic rings. The Bertz CT molecular complexity index is 1180. The van der Waals surface area contributed by atoms with Gasteiger partial charge in [0, 0.05) is 33.5 Å². The van der Waals surface area contributed by atoms with Crippen molar-refractivity contribution in [1.82, 2.24) is 5.32 Å². The van der Waals surface area contributed by atoms with Crippen LogP contribution in [0.4, 0.5) is 0 Å². The van der Waals surface area contributed by atoms with Crippen molar-refractivity contribution in [3.05, 3.63) is 75.0 Å². The number of nitrogens with one attached hydrogen (secondary N) is 1. The van der Waals surface area contributed by atoms with Gasteiger partial charge in [-0.15, -0.1) is 0 Å². The van der Waals surface area contributed by atoms with E-state index in [9.17, 15) is 9.59 Å². The maximum absolute atomic E-state index is 13.5. The number of carbonyl (C=O) groups is 2. The number of esters is 1. The van der Waals surface area contributed by atoms with Crippen molar-refractivity contribution in [3.63, 3.8) is 0 Å². The first-order valence-electron chi connectivity index (χ1n) is 10.5. The molecule has 1 atom stereocenters. The summed E-state index contributed by atoms with van der Waals surface area (Å²) in [6.07, 6.45) is 0. The van der Waals surface area contributed by atoms with Gasteiger partial charge in [-0.3, -0.25) is 4.79 Å². The van der Waals surface area contributed by atoms with Crippen molar-refractivity contribution in [1.29, 1.82) is 0 Å². The van der Waals surface area contributed by atoms with Crippen molar-refractivity contribution in [2.45, 2.75) is 26.7 Å². The summed E-state index contributed by atoms with van der Waals surface area (Å²) in [5.41, 5.74) is 4.05. The molecule has 0 saturated carbocycles. The standard InChI is InChI=1S/C25H24ClNO5/c1-5-31-18-11-16(17(26)12-19(18)32-6-2)21-20(25(29)30-4)13(3)27-23-14-9-7-8-10-15(14)24(28)22(21)23/h7-12,21,27H,5-6H2,1-4H3/t21-/m1/s1. The van der Waals surface area contributed by atoms with Crippen LogP contribution >= 0.6 is 11.6 Å². The van der Waals surface area contributed by atoms with Gasteiger partial charge < -0.3 is 19.5 Å². The highest BCUT2D eigenvalue weighted by atomic mass is 35.5. The van der Waals surface area contributed by atoms with Crippen LogP contribution in [0, 0.1) is 0 Å². The first-order chi connectivity index (χ1) is 15.4. The van der Waals surface area contributed by atoms with Gasteiger partial charge in [-0.2, -0.15) is 0 Å². The fraction of sp³-hybridized carbons (Fsp3) is 0.280. The van der Waals surface area contributed by atoms with E-state index in [0.717, 1.165) is 5.56 Å². The summed E-state index contributed by atoms with van der Waals surface area (Å²) < 4.78 is 16.6. The normalized spacial score (nSPS) is 17.0. The smallest absolute Gasteiger partial charge is 0.336 e. The number of rotatable bonds is 6. The number of ether oxygens (including phenoxy) is 3. The van der Waals surface area contributed by atoms with E-state index in [4.69, 9.17) is 25.8 Å². The van der Waals surface area contributed by atoms with Crippen LogP contribution in [0.15, 0.2) is 53.2 Å². The molecule has 7 heteroatoms. The van der Waals surface area contributed by atoms with Gasteiger partial charge in [-0.1, -0.05) is 35.9 Å². The van der Waals surface area contributed by atoms with Crippen molar-refractivity contribution < 1.29 is 23.8 Å². The van der Waals surface area contributed by atoms with Crippen molar-refractivity contribution >= 4 is 29.1 Å². The second-order valence-electron chi connectivity index (χ2n) is 7.44. The molecule has 166 valence electrons. The number of methoxy groups -OCH3 is 1. The Kier molecular flexibility index (Phi) is 5.98. The van der Waals surface area contributed by atoms with Crippen molar-refractivity contribution in [3.8, 4) is 11.5 Å². The van der Waals surface area contributed by atoms with E-state index in [1.165, 1.54) is 7.11 Å². The van der Waals surface area contributed by atoms with Gasteiger partial charge in [0.25, 0.3) is 0 Å². The largest absolute Gasteiger partial charge is 0.490 e. The Morgan fingerprint density at radius 2 is 1.69 bits per heavy atom. The number of fused-ring (bicyclic) bond motifs is 2. The molecular weight excluding hydrogens is 430 g/mol. The first kappa shape index (κ1) is 22.0. The maximum Gasteiger partial charge on any atom is 0.336 e. The van der Waals surface area contributed by atoms with Gasteiger partial charge in [0.1, 0.15) is 0 Å². The topological polar surface area (TPSA) is 73.9 Å². The molecule has 0 radical (unpaired) electrons. The third-order valence-corrected chi connectivity index (χ3v) is 5.96. The van der Waals surface area contributed by atoms with Crippen LogP contribution in [0.3, 0.4) is 0 Å². The predicted molar refractivity (Wildman–Crippen MR) is 122 cm³/mol. The van der Waals surface area contributed by atoms with Crippen LogP contribution in [0.5, 0.6) is 11.5 Å². The summed E-state index contributed by atoms with van der Waals surface area (Å²) in [6, 6.07) is 10.8. The molecule has 32 heavy (non-hydrogen) atoms. The Morgan fingerprint density at radius 1 is 1.06 bits per heavy atom. The molecule has 4 rings (SSSR count). The Balaban J connectivity index is 1.97. The minimum absolute atomic E-state index is 0.148. The molecular formula is C25H24ClNO5. The quantitative estimate of drug-likeness (QED) is 0.628. The monoisotopic (exact) mass is 453 g/mol. The SMILES string of the molecule is CCOc1cc(Cl)c([C@@H]2C(C(=O)OC)=C(C)NC3=C2C(=O)c2ccccc23)cc1OCC. The molecule has 1 N–H and O–H groups in total. The number of ketones is 1. The zero-order valence-electron chi connectivity index (χ0n) is 18.4. The number of hydrogen-bond donors (Lipinski definition) is 1. The van der Waals surface area contributed by atoms with E-state index in [-0.39, 0.29) is 5.78 Å². The van der Waals surface area contributed by atoms with E-state index in [1.54, 1.807) is 25.1 Å². The van der Waals surface area contributed by atoms with E-state index >= 15 is 0 Å². The lowest BCUT2D eigenvalue weighted by Crippen LogP contribution is -2.29. The lowest BCUT2D eigenvalue weighted by Gasteiger charge is -2.30. The molecule has 0 saturated heterocycles. The van der Waals surface area contributed by atoms with Crippen molar-refractivity contribution in [2.24, 2.45) is 0 Å². The molecule has 1 aliphatic heterocycles. The number of hydrogen-bond acceptors (Lipinski definition) is 6. The van der Waals surface area contributed by atoms with Crippen LogP contribution in [-0.4, -0.2) is 32.1 Å². The zero-order valence-corrected chi connectivity index (χ0v) is 19.1. The Labute approximate surface area is 191 Å². The van der Waals surface area contributed by atoms with Gasteiger partial charge in [0.15, 0.2) is 17.3 Å². The van der Waals surface area contributed by atoms with Crippen molar-refractivity contribution in [2.75, 3.05) is 20.3 Å². The van der Waals surface area contributed by atoms with Crippen LogP contribution in [0.2, 0.25) is 5.02 Å². The van der Waals surface area contributed by atoms with Gasteiger partial charge in [-0.25, -0.2) is 4.79 Å². The molecule has 2 aromatic rings. The maximum atomic E-state index is 13.5. The summed E-state index contributed by atoms with van der Waals surface area (Å²) in [5, 5.41) is 3.63. The lowest BCUT2D eigenvalue weighted by atomic mass is 9.79. The summed E-state index contributed by atoms with van der Waals surface area (Å²) in [5.74, 6) is -0.393. The van der Waals surface area contributed by atoms with E-state index < -0.39 is 11.9 Å². The van der Waals surface area contributed by atoms with E-state index in [2.05, 4.69) is 5.32 Å². The Morgan fingerprint density at radius 3 is 2.31 bits per heavy atom. The van der Waals surface area contributed by atoms with Crippen LogP contribution < -0.4 is 14.8 Å². The fourth-order valence-corrected chi connectivity index (χ4v) is 4.59. The third kappa shape index (κ3) is 3.45. The molecule has 0 fully saturated rings. The minimum Gasteiger partial charge on any atom is -0.490 e. The molecule has 6 nitrogen and oxygen atoms in total. The molecule has 0 amide bonds. The lowest BCUT2D eigenvalue weighted by molar-refractivity contribution is -0.136. The molecule has 1 heterocycles. The highest BCUT2D eigenvalue weighted by molar-refractivity contribution is 6.32. The number of allylic oxidation sites excluding steroid dienone is 2. The summed E-state index contributed by atoms with van der Waals surface area (Å²) in [7, 11) is 1.32. The average molecular weight is 454 g/mol. The fourth-order valence-electron chi connectivity index (χ4n) is 4.33. The molecule has 0 aromatic heterocycles. The number of halogens is 1. The summed E-state index contributed by atoms with van der Waals surface area (Å²) in [6.45, 7) is 6.40. The average Bonchev–Trinajstić information content (AvgIpc) is 3.06. The second kappa shape index (κ2) is 8.71. The first-order valence-corrected chi connectivity index (χ1v) is 10.8. The summed E-state index contributed by atoms with van der Waals surface area (Å²) >= 11 is 6.72. The third-order valence-electron chi connectivity index (χ3n) is 5.63.